The second-order valence-electron chi connectivity index (χ2n) is 4.91. The molecule has 1 aromatic carbocycles. The summed E-state index contributed by atoms with van der Waals surface area (Å²) in [6, 6.07) is 6.19. The maximum absolute atomic E-state index is 12.1. The van der Waals surface area contributed by atoms with Crippen LogP contribution in [0.5, 0.6) is 0 Å². The van der Waals surface area contributed by atoms with Crippen LogP contribution in [0.1, 0.15) is 33.1 Å². The third kappa shape index (κ3) is 6.16. The highest BCUT2D eigenvalue weighted by molar-refractivity contribution is 5.80. The molecule has 6 nitrogen and oxygen atoms in total. The van der Waals surface area contributed by atoms with Gasteiger partial charge in [-0.15, -0.1) is 0 Å². The summed E-state index contributed by atoms with van der Waals surface area (Å²) >= 11 is 0. The molecule has 21 heavy (non-hydrogen) atoms. The first-order valence-corrected chi connectivity index (χ1v) is 6.96. The number of nitrogens with two attached hydrogens (primary N) is 1. The van der Waals surface area contributed by atoms with E-state index in [1.54, 1.807) is 31.2 Å². The molecule has 0 bridgehead atoms. The van der Waals surface area contributed by atoms with Gasteiger partial charge in [0, 0.05) is 17.8 Å². The second-order valence-corrected chi connectivity index (χ2v) is 4.91. The van der Waals surface area contributed by atoms with Crippen molar-refractivity contribution < 1.29 is 19.4 Å². The number of rotatable bonds is 8. The molecule has 0 saturated heterocycles. The number of anilines is 2. The maximum Gasteiger partial charge on any atom is 0.328 e. The van der Waals surface area contributed by atoms with Crippen molar-refractivity contribution in [2.75, 3.05) is 11.1 Å². The number of nitrogen functional groups attached to an aromatic ring is 1. The Morgan fingerprint density at radius 2 is 1.95 bits per heavy atom. The summed E-state index contributed by atoms with van der Waals surface area (Å²) in [6.07, 6.45) is 0.564. The number of aliphatic carboxylic acids is 1. The molecule has 2 atom stereocenters. The summed E-state index contributed by atoms with van der Waals surface area (Å²) in [5, 5.41) is 11.8. The summed E-state index contributed by atoms with van der Waals surface area (Å²) in [5.41, 5.74) is 6.91. The molecule has 0 fully saturated rings. The lowest BCUT2D eigenvalue weighted by atomic mass is 10.1. The zero-order valence-electron chi connectivity index (χ0n) is 12.3. The average Bonchev–Trinajstić information content (AvgIpc) is 2.44. The highest BCUT2D eigenvalue weighted by atomic mass is 16.5. The average molecular weight is 294 g/mol. The van der Waals surface area contributed by atoms with Crippen molar-refractivity contribution >= 4 is 23.3 Å². The Bertz CT molecular complexity index is 473. The van der Waals surface area contributed by atoms with E-state index >= 15 is 0 Å². The van der Waals surface area contributed by atoms with Crippen LogP contribution in [0, 0.1) is 0 Å². The van der Waals surface area contributed by atoms with Crippen molar-refractivity contribution in [1.82, 2.24) is 0 Å². The summed E-state index contributed by atoms with van der Waals surface area (Å²) in [6.45, 7) is 3.72. The van der Waals surface area contributed by atoms with Crippen LogP contribution in [0.25, 0.3) is 0 Å². The van der Waals surface area contributed by atoms with Gasteiger partial charge < -0.3 is 20.9 Å². The zero-order chi connectivity index (χ0) is 15.8. The molecule has 0 amide bonds. The number of carbonyl (C=O) groups excluding carboxylic acids is 1. The molecule has 0 spiro atoms. The van der Waals surface area contributed by atoms with Crippen molar-refractivity contribution in [3.63, 3.8) is 0 Å². The van der Waals surface area contributed by atoms with Gasteiger partial charge in [0.1, 0.15) is 6.04 Å². The SMILES string of the molecule is CCC(C)OC(=O)C(CCC(=O)O)Nc1ccc(N)cc1. The van der Waals surface area contributed by atoms with Crippen molar-refractivity contribution in [1.29, 1.82) is 0 Å². The van der Waals surface area contributed by atoms with E-state index in [2.05, 4.69) is 5.32 Å². The number of esters is 1. The largest absolute Gasteiger partial charge is 0.481 e. The fraction of sp³-hybridized carbons (Fsp3) is 0.467. The number of carboxylic acid groups (broad SMARTS) is 1. The van der Waals surface area contributed by atoms with Gasteiger partial charge in [0.25, 0.3) is 0 Å². The minimum absolute atomic E-state index is 0.109. The lowest BCUT2D eigenvalue weighted by Crippen LogP contribution is -2.34. The van der Waals surface area contributed by atoms with E-state index < -0.39 is 18.0 Å². The minimum Gasteiger partial charge on any atom is -0.481 e. The molecule has 0 aliphatic rings. The Kier molecular flexibility index (Phi) is 6.52. The Labute approximate surface area is 124 Å². The first kappa shape index (κ1) is 16.8. The van der Waals surface area contributed by atoms with Crippen LogP contribution in [-0.4, -0.2) is 29.2 Å². The molecule has 116 valence electrons. The Hall–Kier alpha value is -2.24. The fourth-order valence-electron chi connectivity index (χ4n) is 1.66. The van der Waals surface area contributed by atoms with Gasteiger partial charge in [0.05, 0.1) is 6.10 Å². The minimum atomic E-state index is -0.949. The van der Waals surface area contributed by atoms with E-state index in [1.807, 2.05) is 6.92 Å². The van der Waals surface area contributed by atoms with Gasteiger partial charge in [-0.1, -0.05) is 6.92 Å². The van der Waals surface area contributed by atoms with Crippen molar-refractivity contribution in [3.05, 3.63) is 24.3 Å². The molecule has 4 N–H and O–H groups in total. The summed E-state index contributed by atoms with van der Waals surface area (Å²) in [5.74, 6) is -1.39. The van der Waals surface area contributed by atoms with E-state index in [-0.39, 0.29) is 18.9 Å². The van der Waals surface area contributed by atoms with Gasteiger partial charge in [0.2, 0.25) is 0 Å². The van der Waals surface area contributed by atoms with Crippen molar-refractivity contribution in [3.8, 4) is 0 Å². The fourth-order valence-corrected chi connectivity index (χ4v) is 1.66. The molecular formula is C15H22N2O4. The first-order valence-electron chi connectivity index (χ1n) is 6.96. The summed E-state index contributed by atoms with van der Waals surface area (Å²) < 4.78 is 5.27. The van der Waals surface area contributed by atoms with Crippen LogP contribution in [0.15, 0.2) is 24.3 Å². The van der Waals surface area contributed by atoms with Crippen LogP contribution in [0.4, 0.5) is 11.4 Å². The number of carboxylic acids is 1. The topological polar surface area (TPSA) is 102 Å². The molecule has 0 aliphatic heterocycles. The van der Waals surface area contributed by atoms with Gasteiger partial charge in [-0.05, 0) is 44.0 Å². The third-order valence-corrected chi connectivity index (χ3v) is 3.08. The van der Waals surface area contributed by atoms with Crippen molar-refractivity contribution in [2.24, 2.45) is 0 Å². The number of carbonyl (C=O) groups is 2. The molecule has 1 aromatic rings. The van der Waals surface area contributed by atoms with Crippen LogP contribution < -0.4 is 11.1 Å². The van der Waals surface area contributed by atoms with Gasteiger partial charge in [-0.3, -0.25) is 4.79 Å². The second kappa shape index (κ2) is 8.14. The summed E-state index contributed by atoms with van der Waals surface area (Å²) in [4.78, 5) is 22.8. The van der Waals surface area contributed by atoms with Gasteiger partial charge in [-0.25, -0.2) is 4.79 Å². The van der Waals surface area contributed by atoms with Gasteiger partial charge in [0.15, 0.2) is 0 Å². The number of hydrogen-bond acceptors (Lipinski definition) is 5. The molecule has 0 heterocycles. The number of benzene rings is 1. The number of hydrogen-bond donors (Lipinski definition) is 3. The van der Waals surface area contributed by atoms with E-state index in [0.29, 0.717) is 17.8 Å². The van der Waals surface area contributed by atoms with E-state index in [1.165, 1.54) is 0 Å². The quantitative estimate of drug-likeness (QED) is 0.502. The van der Waals surface area contributed by atoms with E-state index in [9.17, 15) is 9.59 Å². The highest BCUT2D eigenvalue weighted by Gasteiger charge is 2.22. The molecule has 6 heteroatoms. The molecule has 0 radical (unpaired) electrons. The predicted molar refractivity (Wildman–Crippen MR) is 81.0 cm³/mol. The number of nitrogens with one attached hydrogen (secondary N) is 1. The Morgan fingerprint density at radius 3 is 2.48 bits per heavy atom. The first-order chi connectivity index (χ1) is 9.92. The highest BCUT2D eigenvalue weighted by Crippen LogP contribution is 2.15. The summed E-state index contributed by atoms with van der Waals surface area (Å²) in [7, 11) is 0. The lowest BCUT2D eigenvalue weighted by Gasteiger charge is -2.20. The van der Waals surface area contributed by atoms with Gasteiger partial charge >= 0.3 is 11.9 Å². The Morgan fingerprint density at radius 1 is 1.33 bits per heavy atom. The Balaban J connectivity index is 2.73. The molecule has 0 saturated carbocycles. The molecule has 1 rings (SSSR count). The normalized spacial score (nSPS) is 13.2. The zero-order valence-corrected chi connectivity index (χ0v) is 12.3. The molecule has 2 unspecified atom stereocenters. The van der Waals surface area contributed by atoms with Crippen LogP contribution >= 0.6 is 0 Å². The monoisotopic (exact) mass is 294 g/mol. The number of ether oxygens (including phenoxy) is 1. The molecule has 0 aliphatic carbocycles. The smallest absolute Gasteiger partial charge is 0.328 e. The maximum atomic E-state index is 12.1. The molecular weight excluding hydrogens is 272 g/mol. The lowest BCUT2D eigenvalue weighted by molar-refractivity contribution is -0.149. The third-order valence-electron chi connectivity index (χ3n) is 3.08. The van der Waals surface area contributed by atoms with Crippen LogP contribution in [0.2, 0.25) is 0 Å². The van der Waals surface area contributed by atoms with E-state index in [0.717, 1.165) is 0 Å². The van der Waals surface area contributed by atoms with E-state index in [4.69, 9.17) is 15.6 Å². The molecule has 0 aromatic heterocycles. The predicted octanol–water partition coefficient (Wildman–Crippen LogP) is 2.26. The van der Waals surface area contributed by atoms with Crippen molar-refractivity contribution in [2.45, 2.75) is 45.3 Å². The van der Waals surface area contributed by atoms with Crippen LogP contribution in [0.3, 0.4) is 0 Å². The van der Waals surface area contributed by atoms with Crippen LogP contribution in [-0.2, 0) is 14.3 Å². The standard InChI is InChI=1S/C15H22N2O4/c1-3-10(2)21-15(20)13(8-9-14(18)19)17-12-6-4-11(16)5-7-12/h4-7,10,13,17H,3,8-9,16H2,1-2H3,(H,18,19). The van der Waals surface area contributed by atoms with Gasteiger partial charge in [-0.2, -0.15) is 0 Å².